The minimum atomic E-state index is -2.66. The normalized spacial score (nSPS) is 20.9. The fourth-order valence-electron chi connectivity index (χ4n) is 11.3. The number of ether oxygens (including phenoxy) is 1. The summed E-state index contributed by atoms with van der Waals surface area (Å²) in [4.78, 5) is 34.8. The van der Waals surface area contributed by atoms with Gasteiger partial charge in [0.15, 0.2) is 17.3 Å². The lowest BCUT2D eigenvalue weighted by atomic mass is 9.85. The number of carbonyl (C=O) groups is 2. The molecule has 5 aliphatic rings. The van der Waals surface area contributed by atoms with Gasteiger partial charge in [-0.3, -0.25) is 23.9 Å². The molecule has 7 heterocycles. The Morgan fingerprint density at radius 3 is 2.41 bits per heavy atom. The molecule has 1 N–H and O–H groups in total. The molecule has 0 bridgehead atoms. The highest BCUT2D eigenvalue weighted by Crippen LogP contribution is 2.44. The first-order valence-electron chi connectivity index (χ1n) is 24.4. The Morgan fingerprint density at radius 2 is 1.74 bits per heavy atom. The highest BCUT2D eigenvalue weighted by atomic mass is 35.5. The second-order valence-electron chi connectivity index (χ2n) is 19.7. The van der Waals surface area contributed by atoms with Gasteiger partial charge in [0.1, 0.15) is 11.8 Å². The number of nitriles is 1. The fourth-order valence-corrected chi connectivity index (χ4v) is 11.5. The maximum Gasteiger partial charge on any atom is 0.272 e. The third kappa shape index (κ3) is 9.49. The van der Waals surface area contributed by atoms with Crippen molar-refractivity contribution in [2.45, 2.75) is 121 Å². The van der Waals surface area contributed by atoms with Crippen LogP contribution in [0.5, 0.6) is 5.75 Å². The summed E-state index contributed by atoms with van der Waals surface area (Å²) in [5.41, 5.74) is 5.85. The summed E-state index contributed by atoms with van der Waals surface area (Å²) in [6.07, 6.45) is 10.0. The van der Waals surface area contributed by atoms with E-state index in [1.54, 1.807) is 61.4 Å². The van der Waals surface area contributed by atoms with E-state index in [1.807, 2.05) is 17.0 Å². The Kier molecular flexibility index (Phi) is 13.1. The molecular formula is C51H59ClF2N12O3. The highest BCUT2D eigenvalue weighted by molar-refractivity contribution is 6.31. The van der Waals surface area contributed by atoms with Crippen molar-refractivity contribution in [3.05, 3.63) is 93.5 Å². The number of amides is 2. The maximum atomic E-state index is 14.8. The predicted molar refractivity (Wildman–Crippen MR) is 258 cm³/mol. The number of carbonyl (C=O) groups excluding carboxylic acids is 2. The predicted octanol–water partition coefficient (Wildman–Crippen LogP) is 8.34. The van der Waals surface area contributed by atoms with Crippen LogP contribution in [0.15, 0.2) is 54.9 Å². The summed E-state index contributed by atoms with van der Waals surface area (Å²) in [6, 6.07) is 14.6. The number of hydrogen-bond donors (Lipinski definition) is 1. The second kappa shape index (κ2) is 19.3. The van der Waals surface area contributed by atoms with Crippen LogP contribution in [-0.4, -0.2) is 108 Å². The number of benzene rings is 2. The van der Waals surface area contributed by atoms with Crippen molar-refractivity contribution in [3.63, 3.8) is 0 Å². The smallest absolute Gasteiger partial charge is 0.272 e. The van der Waals surface area contributed by atoms with E-state index in [0.717, 1.165) is 125 Å². The Balaban J connectivity index is 0.756. The molecule has 0 unspecified atom stereocenters. The van der Waals surface area contributed by atoms with Crippen molar-refractivity contribution in [2.75, 3.05) is 49.1 Å². The number of rotatable bonds is 10. The molecule has 3 aromatic heterocycles. The number of aromatic nitrogens is 6. The molecule has 1 aliphatic carbocycles. The number of fused-ring (bicyclic) bond motifs is 2. The van der Waals surface area contributed by atoms with Crippen molar-refractivity contribution in [3.8, 4) is 22.9 Å². The van der Waals surface area contributed by atoms with E-state index in [-0.39, 0.29) is 41.1 Å². The zero-order chi connectivity index (χ0) is 48.0. The lowest BCUT2D eigenvalue weighted by molar-refractivity contribution is -0.129. The van der Waals surface area contributed by atoms with Gasteiger partial charge in [0, 0.05) is 112 Å². The van der Waals surface area contributed by atoms with E-state index < -0.39 is 6.43 Å². The standard InChI is InChI=1S/C51H59ClF2N12O3/c1-32(67)63-20-16-45-42(31-63)49(65-19-4-5-33-25-40(35-29-56-61(3)30-35)41(48(53)54)27-46(33)65)60-66(45)37-14-21-64(22-15-37)51(2)17-23-62(24-18-51)47-13-12-44(58-59-47)50(68)57-36-7-10-38(11-8-36)69-39-9-6-34(28-55)43(52)26-39/h6,9,12-13,25-27,29-30,36-38,48H,4-5,7-8,10-11,14-24,31H2,1-3H3,(H,57,68). The maximum absolute atomic E-state index is 14.8. The minimum absolute atomic E-state index is 0.0110. The number of likely N-dealkylation sites (tertiary alicyclic amines) is 1. The average Bonchev–Trinajstić information content (AvgIpc) is 3.97. The van der Waals surface area contributed by atoms with E-state index in [2.05, 4.69) is 53.0 Å². The van der Waals surface area contributed by atoms with Crippen LogP contribution in [0.4, 0.5) is 26.1 Å². The first kappa shape index (κ1) is 46.6. The van der Waals surface area contributed by atoms with Gasteiger partial charge in [-0.2, -0.15) is 15.5 Å². The first-order chi connectivity index (χ1) is 33.3. The highest BCUT2D eigenvalue weighted by Gasteiger charge is 2.40. The van der Waals surface area contributed by atoms with Gasteiger partial charge >= 0.3 is 0 Å². The van der Waals surface area contributed by atoms with Crippen LogP contribution in [0.25, 0.3) is 11.1 Å². The third-order valence-corrected chi connectivity index (χ3v) is 15.7. The van der Waals surface area contributed by atoms with Crippen LogP contribution in [0, 0.1) is 11.3 Å². The molecule has 1 saturated carbocycles. The molecule has 4 aliphatic heterocycles. The third-order valence-electron chi connectivity index (χ3n) is 15.4. The van der Waals surface area contributed by atoms with Gasteiger partial charge in [-0.15, -0.1) is 10.2 Å². The molecular weight excluding hydrogens is 902 g/mol. The summed E-state index contributed by atoms with van der Waals surface area (Å²) < 4.78 is 39.6. The van der Waals surface area contributed by atoms with E-state index >= 15 is 0 Å². The summed E-state index contributed by atoms with van der Waals surface area (Å²) >= 11 is 6.18. The molecule has 2 saturated heterocycles. The molecule has 18 heteroatoms. The minimum Gasteiger partial charge on any atom is -0.490 e. The van der Waals surface area contributed by atoms with E-state index in [1.165, 1.54) is 0 Å². The first-order valence-corrected chi connectivity index (χ1v) is 24.8. The number of hydrogen-bond acceptors (Lipinski definition) is 11. The van der Waals surface area contributed by atoms with E-state index in [9.17, 15) is 18.4 Å². The molecule has 2 amide bonds. The summed E-state index contributed by atoms with van der Waals surface area (Å²) in [5.74, 6) is 1.98. The Bertz CT molecular complexity index is 2750. The number of piperidine rings is 2. The van der Waals surface area contributed by atoms with Crippen molar-refractivity contribution < 1.29 is 23.1 Å². The van der Waals surface area contributed by atoms with Gasteiger partial charge in [0.05, 0.1) is 35.5 Å². The number of anilines is 3. The van der Waals surface area contributed by atoms with Gasteiger partial charge in [-0.25, -0.2) is 8.78 Å². The molecule has 0 radical (unpaired) electrons. The largest absolute Gasteiger partial charge is 0.490 e. The summed E-state index contributed by atoms with van der Waals surface area (Å²) in [5, 5.41) is 31.1. The Labute approximate surface area is 406 Å². The van der Waals surface area contributed by atoms with Crippen molar-refractivity contribution in [1.29, 1.82) is 5.26 Å². The number of nitrogens with one attached hydrogen (secondary N) is 1. The van der Waals surface area contributed by atoms with Crippen molar-refractivity contribution in [2.24, 2.45) is 7.05 Å². The summed E-state index contributed by atoms with van der Waals surface area (Å²) in [6.45, 7) is 9.22. The van der Waals surface area contributed by atoms with Gasteiger partial charge in [0.2, 0.25) is 5.91 Å². The molecule has 69 heavy (non-hydrogen) atoms. The molecule has 15 nitrogen and oxygen atoms in total. The quantitative estimate of drug-likeness (QED) is 0.144. The Hall–Kier alpha value is -6.12. The zero-order valence-corrected chi connectivity index (χ0v) is 40.3. The van der Waals surface area contributed by atoms with Gasteiger partial charge < -0.3 is 24.8 Å². The zero-order valence-electron chi connectivity index (χ0n) is 39.5. The monoisotopic (exact) mass is 960 g/mol. The number of alkyl halides is 2. The SMILES string of the molecule is CC(=O)N1CCc2c(c(N3CCCc4cc(-c5cnn(C)c5)c(C(F)F)cc43)nn2C2CCN(C3(C)CCN(c4ccc(C(=O)NC5CCC(Oc6ccc(C#N)c(Cl)c6)CC5)nn4)CC3)CC2)C1. The molecule has 0 atom stereocenters. The van der Waals surface area contributed by atoms with Gasteiger partial charge in [-0.05, 0) is 119 Å². The molecule has 5 aromatic rings. The van der Waals surface area contributed by atoms with Crippen LogP contribution >= 0.6 is 11.6 Å². The van der Waals surface area contributed by atoms with Crippen LogP contribution in [0.2, 0.25) is 5.02 Å². The molecule has 2 aromatic carbocycles. The van der Waals surface area contributed by atoms with Crippen molar-refractivity contribution >= 4 is 40.7 Å². The van der Waals surface area contributed by atoms with Crippen LogP contribution in [0.1, 0.15) is 123 Å². The second-order valence-corrected chi connectivity index (χ2v) is 20.1. The molecule has 3 fully saturated rings. The van der Waals surface area contributed by atoms with Crippen LogP contribution < -0.4 is 19.9 Å². The molecule has 10 rings (SSSR count). The topological polar surface area (TPSA) is 154 Å². The van der Waals surface area contributed by atoms with Crippen LogP contribution in [0.3, 0.4) is 0 Å². The fraction of sp³-hybridized carbons (Fsp3) is 0.510. The van der Waals surface area contributed by atoms with E-state index in [0.29, 0.717) is 59.2 Å². The van der Waals surface area contributed by atoms with Crippen LogP contribution in [-0.2, 0) is 31.2 Å². The number of aryl methyl sites for hydroxylation is 2. The lowest BCUT2D eigenvalue weighted by Crippen LogP contribution is -2.56. The summed E-state index contributed by atoms with van der Waals surface area (Å²) in [7, 11) is 1.79. The van der Waals surface area contributed by atoms with Gasteiger partial charge in [0.25, 0.3) is 12.3 Å². The average molecular weight is 962 g/mol. The Morgan fingerprint density at radius 1 is 0.957 bits per heavy atom. The molecule has 0 spiro atoms. The van der Waals surface area contributed by atoms with Gasteiger partial charge in [-0.1, -0.05) is 11.6 Å². The van der Waals surface area contributed by atoms with Crippen molar-refractivity contribution in [1.82, 2.24) is 44.9 Å². The lowest BCUT2D eigenvalue weighted by Gasteiger charge is -2.49. The number of halogens is 3. The van der Waals surface area contributed by atoms with E-state index in [4.69, 9.17) is 26.7 Å². The molecule has 362 valence electrons. The number of nitrogens with zero attached hydrogens (tertiary/aromatic N) is 11.